The summed E-state index contributed by atoms with van der Waals surface area (Å²) in [7, 11) is 0. The number of alkyl halides is 3. The Morgan fingerprint density at radius 1 is 1.47 bits per heavy atom. The van der Waals surface area contributed by atoms with Crippen LogP contribution in [0.1, 0.15) is 6.92 Å². The maximum absolute atomic E-state index is 12.1. The molecule has 1 unspecified atom stereocenters. The van der Waals surface area contributed by atoms with E-state index in [1.807, 2.05) is 0 Å². The van der Waals surface area contributed by atoms with Crippen molar-refractivity contribution in [1.29, 1.82) is 0 Å². The second-order valence-corrected chi connectivity index (χ2v) is 4.35. The van der Waals surface area contributed by atoms with Crippen LogP contribution in [0.4, 0.5) is 13.2 Å². The van der Waals surface area contributed by atoms with Crippen LogP contribution in [0.5, 0.6) is 0 Å². The number of halogens is 3. The van der Waals surface area contributed by atoms with E-state index in [0.717, 1.165) is 11.8 Å². The largest absolute Gasteiger partial charge is 0.480 e. The molecule has 4 nitrogen and oxygen atoms in total. The van der Waals surface area contributed by atoms with Crippen LogP contribution in [0.3, 0.4) is 0 Å². The van der Waals surface area contributed by atoms with E-state index in [1.165, 1.54) is 6.92 Å². The summed E-state index contributed by atoms with van der Waals surface area (Å²) in [6, 6.07) is -1.39. The fourth-order valence-corrected chi connectivity index (χ4v) is 2.45. The maximum Gasteiger partial charge on any atom is 0.471 e. The molecule has 0 saturated carbocycles. The van der Waals surface area contributed by atoms with Gasteiger partial charge in [0.05, 0.1) is 5.37 Å². The third-order valence-corrected chi connectivity index (χ3v) is 3.20. The summed E-state index contributed by atoms with van der Waals surface area (Å²) in [4.78, 5) is 21.9. The summed E-state index contributed by atoms with van der Waals surface area (Å²) >= 11 is 1.01. The smallest absolute Gasteiger partial charge is 0.471 e. The average Bonchev–Trinajstić information content (AvgIpc) is 2.44. The van der Waals surface area contributed by atoms with Crippen molar-refractivity contribution in [3.8, 4) is 0 Å². The zero-order valence-corrected chi connectivity index (χ0v) is 8.43. The van der Waals surface area contributed by atoms with Gasteiger partial charge in [0, 0.05) is 5.75 Å². The maximum atomic E-state index is 12.1. The predicted octanol–water partition coefficient (Wildman–Crippen LogP) is 0.923. The van der Waals surface area contributed by atoms with Crippen LogP contribution in [-0.4, -0.2) is 45.2 Å². The molecule has 1 N–H and O–H groups in total. The zero-order chi connectivity index (χ0) is 11.8. The molecular formula is C7H8F3NO3S. The highest BCUT2D eigenvalue weighted by Crippen LogP contribution is 2.32. The van der Waals surface area contributed by atoms with Gasteiger partial charge in [0.15, 0.2) is 0 Å². The van der Waals surface area contributed by atoms with Gasteiger partial charge >= 0.3 is 18.1 Å². The molecule has 1 fully saturated rings. The van der Waals surface area contributed by atoms with Gasteiger partial charge in [-0.05, 0) is 6.92 Å². The van der Waals surface area contributed by atoms with Crippen molar-refractivity contribution >= 4 is 23.6 Å². The number of thioether (sulfide) groups is 1. The lowest BCUT2D eigenvalue weighted by Crippen LogP contribution is -2.50. The Bertz CT molecular complexity index is 294. The van der Waals surface area contributed by atoms with E-state index in [9.17, 15) is 22.8 Å². The van der Waals surface area contributed by atoms with Gasteiger partial charge in [-0.15, -0.1) is 11.8 Å². The van der Waals surface area contributed by atoms with Crippen LogP contribution in [0.15, 0.2) is 0 Å². The number of rotatable bonds is 1. The molecule has 1 saturated heterocycles. The second-order valence-electron chi connectivity index (χ2n) is 3.00. The molecule has 1 rings (SSSR count). The number of aliphatic carboxylic acids is 1. The standard InChI is InChI=1S/C7H8F3NO3S/c1-3-11(6(14)7(8,9)10)4(2-15-3)5(12)13/h3-4H,2H2,1H3,(H,12,13)/t3?,4-/m0/s1. The molecule has 0 aromatic heterocycles. The Kier molecular flexibility index (Phi) is 3.17. The molecule has 2 atom stereocenters. The molecule has 0 aromatic rings. The molecule has 15 heavy (non-hydrogen) atoms. The van der Waals surface area contributed by atoms with Gasteiger partial charge in [-0.2, -0.15) is 13.2 Å². The Hall–Kier alpha value is -0.920. The third-order valence-electron chi connectivity index (χ3n) is 1.98. The van der Waals surface area contributed by atoms with Gasteiger partial charge in [-0.25, -0.2) is 4.79 Å². The number of hydrogen-bond acceptors (Lipinski definition) is 3. The van der Waals surface area contributed by atoms with Crippen LogP contribution in [0.25, 0.3) is 0 Å². The molecule has 0 spiro atoms. The molecule has 1 aliphatic rings. The van der Waals surface area contributed by atoms with Gasteiger partial charge in [0.2, 0.25) is 0 Å². The van der Waals surface area contributed by atoms with Gasteiger partial charge < -0.3 is 10.0 Å². The topological polar surface area (TPSA) is 57.6 Å². The van der Waals surface area contributed by atoms with Gasteiger partial charge in [-0.3, -0.25) is 4.79 Å². The van der Waals surface area contributed by atoms with Crippen LogP contribution in [0, 0.1) is 0 Å². The number of amides is 1. The lowest BCUT2D eigenvalue weighted by molar-refractivity contribution is -0.189. The van der Waals surface area contributed by atoms with E-state index in [1.54, 1.807) is 0 Å². The molecule has 1 heterocycles. The Labute approximate surface area is 87.4 Å². The van der Waals surface area contributed by atoms with Crippen molar-refractivity contribution < 1.29 is 27.9 Å². The van der Waals surface area contributed by atoms with E-state index in [-0.39, 0.29) is 5.75 Å². The Morgan fingerprint density at radius 2 is 2.00 bits per heavy atom. The number of carbonyl (C=O) groups excluding carboxylic acids is 1. The first-order chi connectivity index (χ1) is 6.75. The third kappa shape index (κ3) is 2.36. The molecular weight excluding hydrogens is 235 g/mol. The highest BCUT2D eigenvalue weighted by atomic mass is 32.2. The van der Waals surface area contributed by atoms with Crippen molar-refractivity contribution in [2.24, 2.45) is 0 Å². The van der Waals surface area contributed by atoms with Crippen molar-refractivity contribution in [3.63, 3.8) is 0 Å². The van der Waals surface area contributed by atoms with E-state index in [2.05, 4.69) is 0 Å². The van der Waals surface area contributed by atoms with Gasteiger partial charge in [0.1, 0.15) is 6.04 Å². The van der Waals surface area contributed by atoms with Crippen LogP contribution >= 0.6 is 11.8 Å². The molecule has 86 valence electrons. The highest BCUT2D eigenvalue weighted by Gasteiger charge is 2.50. The zero-order valence-electron chi connectivity index (χ0n) is 7.61. The SMILES string of the molecule is CC1SC[C@@H](C(=O)O)N1C(=O)C(F)(F)F. The quantitative estimate of drug-likeness (QED) is 0.744. The molecule has 0 bridgehead atoms. The summed E-state index contributed by atoms with van der Waals surface area (Å²) in [6.45, 7) is 1.37. The number of carboxylic acid groups (broad SMARTS) is 1. The molecule has 1 aliphatic heterocycles. The van der Waals surface area contributed by atoms with Crippen molar-refractivity contribution in [1.82, 2.24) is 4.90 Å². The van der Waals surface area contributed by atoms with E-state index in [4.69, 9.17) is 5.11 Å². The fourth-order valence-electron chi connectivity index (χ4n) is 1.29. The Balaban J connectivity index is 2.90. The fraction of sp³-hybridized carbons (Fsp3) is 0.714. The molecule has 0 aromatic carbocycles. The van der Waals surface area contributed by atoms with Crippen LogP contribution < -0.4 is 0 Å². The number of carboxylic acids is 1. The van der Waals surface area contributed by atoms with Crippen molar-refractivity contribution in [3.05, 3.63) is 0 Å². The summed E-state index contributed by atoms with van der Waals surface area (Å²) in [5, 5.41) is 7.88. The number of carbonyl (C=O) groups is 2. The normalized spacial score (nSPS) is 26.8. The summed E-state index contributed by atoms with van der Waals surface area (Å²) in [5.41, 5.74) is 0. The highest BCUT2D eigenvalue weighted by molar-refractivity contribution is 8.00. The van der Waals surface area contributed by atoms with Gasteiger partial charge in [0.25, 0.3) is 0 Å². The predicted molar refractivity (Wildman–Crippen MR) is 46.2 cm³/mol. The first kappa shape index (κ1) is 12.2. The van der Waals surface area contributed by atoms with Gasteiger partial charge in [-0.1, -0.05) is 0 Å². The minimum absolute atomic E-state index is 0.0156. The lowest BCUT2D eigenvalue weighted by Gasteiger charge is -2.25. The minimum Gasteiger partial charge on any atom is -0.480 e. The lowest BCUT2D eigenvalue weighted by atomic mass is 10.2. The molecule has 1 amide bonds. The first-order valence-corrected chi connectivity index (χ1v) is 5.04. The second kappa shape index (κ2) is 3.92. The number of hydrogen-bond donors (Lipinski definition) is 1. The molecule has 0 radical (unpaired) electrons. The van der Waals surface area contributed by atoms with E-state index >= 15 is 0 Å². The first-order valence-electron chi connectivity index (χ1n) is 3.99. The number of nitrogens with zero attached hydrogens (tertiary/aromatic N) is 1. The van der Waals surface area contributed by atoms with E-state index in [0.29, 0.717) is 4.90 Å². The average molecular weight is 243 g/mol. The van der Waals surface area contributed by atoms with Crippen molar-refractivity contribution in [2.45, 2.75) is 24.5 Å². The summed E-state index contributed by atoms with van der Waals surface area (Å²) < 4.78 is 36.4. The summed E-state index contributed by atoms with van der Waals surface area (Å²) in [6.07, 6.45) is -5.02. The van der Waals surface area contributed by atoms with E-state index < -0.39 is 29.5 Å². The van der Waals surface area contributed by atoms with Crippen molar-refractivity contribution in [2.75, 3.05) is 5.75 Å². The minimum atomic E-state index is -5.02. The molecule has 8 heteroatoms. The van der Waals surface area contributed by atoms with Crippen LogP contribution in [-0.2, 0) is 9.59 Å². The van der Waals surface area contributed by atoms with Crippen LogP contribution in [0.2, 0.25) is 0 Å². The summed E-state index contributed by atoms with van der Waals surface area (Å²) in [5.74, 6) is -3.52. The molecule has 0 aliphatic carbocycles. The monoisotopic (exact) mass is 243 g/mol. The Morgan fingerprint density at radius 3 is 2.40 bits per heavy atom.